The van der Waals surface area contributed by atoms with Gasteiger partial charge in [-0.05, 0) is 30.3 Å². The normalized spacial score (nSPS) is 11.9. The molecule has 0 atom stereocenters. The third kappa shape index (κ3) is 3.63. The molecule has 8 heteroatoms. The molecular formula is C13H13BrFNO4S. The molecule has 0 N–H and O–H groups in total. The van der Waals surface area contributed by atoms with Crippen LogP contribution in [0.4, 0.5) is 4.39 Å². The second-order valence-electron chi connectivity index (χ2n) is 4.37. The van der Waals surface area contributed by atoms with Gasteiger partial charge in [0.05, 0.1) is 0 Å². The van der Waals surface area contributed by atoms with E-state index in [1.165, 1.54) is 38.4 Å². The number of furan rings is 1. The maximum Gasteiger partial charge on any atom is 0.275 e. The summed E-state index contributed by atoms with van der Waals surface area (Å²) in [4.78, 5) is 0. The molecule has 0 aliphatic carbocycles. The lowest BCUT2D eigenvalue weighted by Gasteiger charge is -2.08. The number of rotatable bonds is 5. The molecule has 0 radical (unpaired) electrons. The molecule has 1 aromatic carbocycles. The fourth-order valence-electron chi connectivity index (χ4n) is 1.50. The van der Waals surface area contributed by atoms with Gasteiger partial charge in [0.2, 0.25) is 5.09 Å². The van der Waals surface area contributed by atoms with Crippen LogP contribution in [0.5, 0.6) is 5.75 Å². The molecule has 0 fully saturated rings. The summed E-state index contributed by atoms with van der Waals surface area (Å²) in [7, 11) is -0.806. The molecule has 0 unspecified atom stereocenters. The highest BCUT2D eigenvalue weighted by molar-refractivity contribution is 9.10. The topological polar surface area (TPSA) is 59.8 Å². The zero-order valence-corrected chi connectivity index (χ0v) is 13.7. The van der Waals surface area contributed by atoms with Gasteiger partial charge in [0, 0.05) is 18.6 Å². The van der Waals surface area contributed by atoms with E-state index < -0.39 is 15.8 Å². The van der Waals surface area contributed by atoms with Crippen molar-refractivity contribution in [1.29, 1.82) is 0 Å². The van der Waals surface area contributed by atoms with E-state index in [0.29, 0.717) is 4.47 Å². The smallest absolute Gasteiger partial charge is 0.275 e. The summed E-state index contributed by atoms with van der Waals surface area (Å²) >= 11 is 3.15. The lowest BCUT2D eigenvalue weighted by atomic mass is 10.3. The van der Waals surface area contributed by atoms with Crippen LogP contribution in [0.15, 0.2) is 44.3 Å². The van der Waals surface area contributed by atoms with Crippen LogP contribution in [0.25, 0.3) is 0 Å². The van der Waals surface area contributed by atoms with Crippen LogP contribution in [0.1, 0.15) is 5.76 Å². The van der Waals surface area contributed by atoms with Crippen molar-refractivity contribution in [1.82, 2.24) is 4.31 Å². The highest BCUT2D eigenvalue weighted by atomic mass is 79.9. The lowest BCUT2D eigenvalue weighted by Crippen LogP contribution is -2.21. The van der Waals surface area contributed by atoms with Crippen LogP contribution in [-0.2, 0) is 16.6 Å². The van der Waals surface area contributed by atoms with E-state index in [1.54, 1.807) is 6.07 Å². The van der Waals surface area contributed by atoms with E-state index in [0.717, 1.165) is 4.31 Å². The molecule has 21 heavy (non-hydrogen) atoms. The average Bonchev–Trinajstić information content (AvgIpc) is 2.87. The predicted molar refractivity (Wildman–Crippen MR) is 78.0 cm³/mol. The van der Waals surface area contributed by atoms with E-state index in [4.69, 9.17) is 9.15 Å². The van der Waals surface area contributed by atoms with Crippen LogP contribution in [0.3, 0.4) is 0 Å². The van der Waals surface area contributed by atoms with Crippen molar-refractivity contribution in [2.24, 2.45) is 0 Å². The van der Waals surface area contributed by atoms with E-state index >= 15 is 0 Å². The Morgan fingerprint density at radius 1 is 1.29 bits per heavy atom. The zero-order chi connectivity index (χ0) is 15.6. The Hall–Kier alpha value is -1.38. The molecule has 0 spiro atoms. The van der Waals surface area contributed by atoms with Crippen molar-refractivity contribution in [2.45, 2.75) is 11.7 Å². The van der Waals surface area contributed by atoms with Gasteiger partial charge in [-0.15, -0.1) is 0 Å². The molecule has 0 saturated carbocycles. The summed E-state index contributed by atoms with van der Waals surface area (Å²) in [5.74, 6) is -0.165. The monoisotopic (exact) mass is 377 g/mol. The molecule has 1 aromatic heterocycles. The summed E-state index contributed by atoms with van der Waals surface area (Å²) in [5, 5.41) is -0.178. The van der Waals surface area contributed by atoms with Crippen molar-refractivity contribution in [3.8, 4) is 5.75 Å². The standard InChI is InChI=1S/C13H13BrFNO4S/c1-16(2)21(17,18)13-6-4-10(20-13)8-19-12-5-3-9(14)7-11(12)15/h3-7H,8H2,1-2H3. The van der Waals surface area contributed by atoms with Crippen molar-refractivity contribution in [3.05, 3.63) is 46.4 Å². The van der Waals surface area contributed by atoms with Crippen LogP contribution in [0.2, 0.25) is 0 Å². The Morgan fingerprint density at radius 2 is 2.00 bits per heavy atom. The van der Waals surface area contributed by atoms with Crippen LogP contribution < -0.4 is 4.74 Å². The number of hydrogen-bond acceptors (Lipinski definition) is 4. The molecule has 0 bridgehead atoms. The van der Waals surface area contributed by atoms with Gasteiger partial charge in [-0.3, -0.25) is 0 Å². The van der Waals surface area contributed by atoms with Gasteiger partial charge < -0.3 is 9.15 Å². The van der Waals surface area contributed by atoms with Gasteiger partial charge >= 0.3 is 0 Å². The fourth-order valence-corrected chi connectivity index (χ4v) is 2.64. The van der Waals surface area contributed by atoms with Crippen molar-refractivity contribution >= 4 is 26.0 Å². The van der Waals surface area contributed by atoms with Gasteiger partial charge in [0.25, 0.3) is 10.0 Å². The molecule has 1 heterocycles. The quantitative estimate of drug-likeness (QED) is 0.803. The van der Waals surface area contributed by atoms with Gasteiger partial charge in [0.1, 0.15) is 12.4 Å². The predicted octanol–water partition coefficient (Wildman–Crippen LogP) is 3.01. The number of ether oxygens (including phenoxy) is 1. The largest absolute Gasteiger partial charge is 0.483 e. The average molecular weight is 378 g/mol. The SMILES string of the molecule is CN(C)S(=O)(=O)c1ccc(COc2ccc(Br)cc2F)o1. The molecule has 114 valence electrons. The lowest BCUT2D eigenvalue weighted by molar-refractivity contribution is 0.247. The first-order valence-corrected chi connectivity index (χ1v) is 8.13. The molecule has 0 aliphatic heterocycles. The number of nitrogens with zero attached hydrogens (tertiary/aromatic N) is 1. The Labute approximate surface area is 130 Å². The minimum absolute atomic E-state index is 0.0617. The van der Waals surface area contributed by atoms with Crippen LogP contribution in [-0.4, -0.2) is 26.8 Å². The molecule has 5 nitrogen and oxygen atoms in total. The summed E-state index contributed by atoms with van der Waals surface area (Å²) in [5.41, 5.74) is 0. The molecular weight excluding hydrogens is 365 g/mol. The Balaban J connectivity index is 2.10. The Morgan fingerprint density at radius 3 is 2.62 bits per heavy atom. The molecule has 0 aliphatic rings. The zero-order valence-electron chi connectivity index (χ0n) is 11.3. The maximum atomic E-state index is 13.6. The highest BCUT2D eigenvalue weighted by Crippen LogP contribution is 2.23. The minimum Gasteiger partial charge on any atom is -0.483 e. The number of sulfonamides is 1. The first kappa shape index (κ1) is 16.0. The second-order valence-corrected chi connectivity index (χ2v) is 7.37. The van der Waals surface area contributed by atoms with Crippen molar-refractivity contribution in [3.63, 3.8) is 0 Å². The van der Waals surface area contributed by atoms with E-state index in [9.17, 15) is 12.8 Å². The van der Waals surface area contributed by atoms with Crippen LogP contribution >= 0.6 is 15.9 Å². The summed E-state index contributed by atoms with van der Waals surface area (Å²) < 4.78 is 49.4. The van der Waals surface area contributed by atoms with Gasteiger partial charge in [-0.2, -0.15) is 0 Å². The van der Waals surface area contributed by atoms with Crippen molar-refractivity contribution in [2.75, 3.05) is 14.1 Å². The number of benzene rings is 1. The number of halogens is 2. The fraction of sp³-hybridized carbons (Fsp3) is 0.231. The first-order chi connectivity index (χ1) is 9.80. The van der Waals surface area contributed by atoms with Crippen molar-refractivity contribution < 1.29 is 22.0 Å². The van der Waals surface area contributed by atoms with E-state index in [2.05, 4.69) is 15.9 Å². The molecule has 2 aromatic rings. The summed E-state index contributed by atoms with van der Waals surface area (Å²) in [6, 6.07) is 7.21. The third-order valence-corrected chi connectivity index (χ3v) is 4.82. The Kier molecular flexibility index (Phi) is 4.70. The van der Waals surface area contributed by atoms with Gasteiger partial charge in [-0.1, -0.05) is 15.9 Å². The van der Waals surface area contributed by atoms with Gasteiger partial charge in [-0.25, -0.2) is 17.1 Å². The number of hydrogen-bond donors (Lipinski definition) is 0. The summed E-state index contributed by atoms with van der Waals surface area (Å²) in [6.07, 6.45) is 0. The molecule has 0 saturated heterocycles. The maximum absolute atomic E-state index is 13.6. The molecule has 2 rings (SSSR count). The second kappa shape index (κ2) is 6.17. The first-order valence-electron chi connectivity index (χ1n) is 5.90. The van der Waals surface area contributed by atoms with Crippen LogP contribution in [0, 0.1) is 5.82 Å². The van der Waals surface area contributed by atoms with E-state index in [1.807, 2.05) is 0 Å². The summed E-state index contributed by atoms with van der Waals surface area (Å²) in [6.45, 7) is -0.0680. The molecule has 0 amide bonds. The minimum atomic E-state index is -3.62. The highest BCUT2D eigenvalue weighted by Gasteiger charge is 2.21. The van der Waals surface area contributed by atoms with Gasteiger partial charge in [0.15, 0.2) is 11.6 Å². The van der Waals surface area contributed by atoms with E-state index in [-0.39, 0.29) is 23.2 Å². The third-order valence-electron chi connectivity index (χ3n) is 2.64. The Bertz CT molecular complexity index is 742.